The molecule has 0 bridgehead atoms. The van der Waals surface area contributed by atoms with Gasteiger partial charge in [0.1, 0.15) is 0 Å². The summed E-state index contributed by atoms with van der Waals surface area (Å²) in [5, 5.41) is 9.74. The number of ether oxygens (including phenoxy) is 1. The highest BCUT2D eigenvalue weighted by atomic mass is 35.5. The molecule has 0 aliphatic carbocycles. The minimum absolute atomic E-state index is 0.0322. The fraction of sp³-hybridized carbons (Fsp3) is 1.00. The van der Waals surface area contributed by atoms with Crippen molar-refractivity contribution in [1.82, 2.24) is 4.72 Å². The molecule has 0 spiro atoms. The Morgan fingerprint density at radius 1 is 1.53 bits per heavy atom. The predicted molar refractivity (Wildman–Crippen MR) is 59.6 cm³/mol. The summed E-state index contributed by atoms with van der Waals surface area (Å²) in [6.07, 6.45) is 0.368. The van der Waals surface area contributed by atoms with Gasteiger partial charge in [0.2, 0.25) is 10.0 Å². The zero-order chi connectivity index (χ0) is 11.9. The van der Waals surface area contributed by atoms with Gasteiger partial charge in [-0.15, -0.1) is 11.6 Å². The van der Waals surface area contributed by atoms with Crippen LogP contribution in [0.15, 0.2) is 0 Å². The van der Waals surface area contributed by atoms with Crippen LogP contribution in [0.25, 0.3) is 0 Å². The molecule has 15 heavy (non-hydrogen) atoms. The van der Waals surface area contributed by atoms with E-state index >= 15 is 0 Å². The molecule has 7 heteroatoms. The lowest BCUT2D eigenvalue weighted by molar-refractivity contribution is 0.0292. The van der Waals surface area contributed by atoms with Crippen LogP contribution in [0.3, 0.4) is 0 Å². The smallest absolute Gasteiger partial charge is 0.212 e. The van der Waals surface area contributed by atoms with Gasteiger partial charge in [-0.2, -0.15) is 0 Å². The van der Waals surface area contributed by atoms with E-state index in [-0.39, 0.29) is 18.2 Å². The molecule has 0 fully saturated rings. The summed E-state index contributed by atoms with van der Waals surface area (Å²) in [7, 11) is -1.85. The largest absolute Gasteiger partial charge is 0.389 e. The predicted octanol–water partition coefficient (Wildman–Crippen LogP) is -0.0679. The van der Waals surface area contributed by atoms with Crippen molar-refractivity contribution in [3.63, 3.8) is 0 Å². The van der Waals surface area contributed by atoms with Crippen molar-refractivity contribution < 1.29 is 18.3 Å². The molecule has 0 saturated heterocycles. The van der Waals surface area contributed by atoms with E-state index in [1.807, 2.05) is 0 Å². The monoisotopic (exact) mass is 259 g/mol. The number of aliphatic hydroxyl groups is 1. The molecule has 1 unspecified atom stereocenters. The van der Waals surface area contributed by atoms with E-state index in [4.69, 9.17) is 16.3 Å². The quantitative estimate of drug-likeness (QED) is 0.599. The molecule has 0 aliphatic rings. The average Bonchev–Trinajstić information content (AvgIpc) is 2.12. The van der Waals surface area contributed by atoms with Crippen molar-refractivity contribution in [3.8, 4) is 0 Å². The molecule has 0 radical (unpaired) electrons. The molecule has 2 N–H and O–H groups in total. The van der Waals surface area contributed by atoms with Crippen LogP contribution < -0.4 is 4.72 Å². The second-order valence-electron chi connectivity index (χ2n) is 3.57. The van der Waals surface area contributed by atoms with Gasteiger partial charge in [-0.25, -0.2) is 13.1 Å². The number of sulfonamides is 1. The second kappa shape index (κ2) is 6.65. The lowest BCUT2D eigenvalue weighted by Crippen LogP contribution is -2.42. The number of alkyl halides is 1. The van der Waals surface area contributed by atoms with E-state index in [0.29, 0.717) is 13.0 Å². The molecule has 0 rings (SSSR count). The van der Waals surface area contributed by atoms with Gasteiger partial charge in [-0.1, -0.05) is 0 Å². The molecular formula is C8H18ClNO4S. The molecule has 5 nitrogen and oxygen atoms in total. The van der Waals surface area contributed by atoms with Crippen molar-refractivity contribution in [2.75, 3.05) is 31.9 Å². The lowest BCUT2D eigenvalue weighted by atomic mass is 10.0. The first-order chi connectivity index (χ1) is 6.83. The highest BCUT2D eigenvalue weighted by molar-refractivity contribution is 7.89. The number of nitrogens with one attached hydrogen (secondary N) is 1. The van der Waals surface area contributed by atoms with Crippen molar-refractivity contribution >= 4 is 21.6 Å². The van der Waals surface area contributed by atoms with Gasteiger partial charge < -0.3 is 9.84 Å². The molecule has 0 heterocycles. The highest BCUT2D eigenvalue weighted by Crippen LogP contribution is 2.08. The summed E-state index contributed by atoms with van der Waals surface area (Å²) < 4.78 is 29.5. The van der Waals surface area contributed by atoms with Crippen LogP contribution in [-0.2, 0) is 14.8 Å². The Morgan fingerprint density at radius 2 is 2.13 bits per heavy atom. The van der Waals surface area contributed by atoms with Crippen LogP contribution in [0.4, 0.5) is 0 Å². The van der Waals surface area contributed by atoms with Gasteiger partial charge in [0.05, 0.1) is 11.4 Å². The second-order valence-corrected chi connectivity index (χ2v) is 5.87. The maximum Gasteiger partial charge on any atom is 0.212 e. The Labute approximate surface area is 95.8 Å². The number of hydrogen-bond donors (Lipinski definition) is 2. The van der Waals surface area contributed by atoms with Crippen molar-refractivity contribution in [2.24, 2.45) is 0 Å². The Bertz CT molecular complexity index is 266. The van der Waals surface area contributed by atoms with E-state index in [2.05, 4.69) is 4.72 Å². The molecule has 0 saturated carbocycles. The Kier molecular flexibility index (Phi) is 6.70. The Morgan fingerprint density at radius 3 is 2.60 bits per heavy atom. The first-order valence-electron chi connectivity index (χ1n) is 4.57. The third-order valence-electron chi connectivity index (χ3n) is 1.86. The number of halogens is 1. The maximum atomic E-state index is 11.2. The summed E-state index contributed by atoms with van der Waals surface area (Å²) >= 11 is 5.32. The normalized spacial score (nSPS) is 16.3. The number of hydrogen-bond acceptors (Lipinski definition) is 4. The van der Waals surface area contributed by atoms with E-state index in [1.54, 1.807) is 6.92 Å². The summed E-state index contributed by atoms with van der Waals surface area (Å²) in [6.45, 7) is 1.90. The minimum atomic E-state index is -3.37. The van der Waals surface area contributed by atoms with Crippen molar-refractivity contribution in [1.29, 1.82) is 0 Å². The van der Waals surface area contributed by atoms with Gasteiger partial charge in [-0.05, 0) is 6.92 Å². The van der Waals surface area contributed by atoms with Crippen LogP contribution in [0.2, 0.25) is 0 Å². The van der Waals surface area contributed by atoms with E-state index in [0.717, 1.165) is 0 Å². The number of rotatable bonds is 8. The third kappa shape index (κ3) is 7.98. The Balaban J connectivity index is 4.02. The maximum absolute atomic E-state index is 11.2. The third-order valence-corrected chi connectivity index (χ3v) is 3.60. The molecule has 0 aromatic carbocycles. The fourth-order valence-electron chi connectivity index (χ4n) is 0.849. The van der Waals surface area contributed by atoms with Crippen molar-refractivity contribution in [3.05, 3.63) is 0 Å². The van der Waals surface area contributed by atoms with Crippen LogP contribution in [0.1, 0.15) is 13.3 Å². The van der Waals surface area contributed by atoms with E-state index in [9.17, 15) is 13.5 Å². The van der Waals surface area contributed by atoms with Crippen molar-refractivity contribution in [2.45, 2.75) is 18.9 Å². The SMILES string of the molecule is COCCC(C)(O)CNS(=O)(=O)CCCl. The summed E-state index contributed by atoms with van der Waals surface area (Å²) in [5.41, 5.74) is -1.10. The summed E-state index contributed by atoms with van der Waals surface area (Å²) in [4.78, 5) is 0. The van der Waals surface area contributed by atoms with Crippen LogP contribution in [0, 0.1) is 0 Å². The van der Waals surface area contributed by atoms with Gasteiger partial charge in [0.15, 0.2) is 0 Å². The molecule has 0 aliphatic heterocycles. The van der Waals surface area contributed by atoms with Crippen LogP contribution >= 0.6 is 11.6 Å². The zero-order valence-electron chi connectivity index (χ0n) is 8.99. The first kappa shape index (κ1) is 15.1. The molecule has 0 aromatic heterocycles. The molecule has 0 aromatic rings. The standard InChI is InChI=1S/C8H18ClNO4S/c1-8(11,3-5-14-2)7-10-15(12,13)6-4-9/h10-11H,3-7H2,1-2H3. The fourth-order valence-corrected chi connectivity index (χ4v) is 2.34. The summed E-state index contributed by atoms with van der Waals surface area (Å²) in [5.74, 6) is -0.107. The lowest BCUT2D eigenvalue weighted by Gasteiger charge is -2.22. The zero-order valence-corrected chi connectivity index (χ0v) is 10.6. The van der Waals surface area contributed by atoms with Gasteiger partial charge in [-0.3, -0.25) is 0 Å². The van der Waals surface area contributed by atoms with Gasteiger partial charge in [0.25, 0.3) is 0 Å². The van der Waals surface area contributed by atoms with Gasteiger partial charge >= 0.3 is 0 Å². The Hall–Kier alpha value is 0.120. The molecule has 92 valence electrons. The number of methoxy groups -OCH3 is 1. The molecule has 0 amide bonds. The highest BCUT2D eigenvalue weighted by Gasteiger charge is 2.22. The molecule has 1 atom stereocenters. The van der Waals surface area contributed by atoms with E-state index in [1.165, 1.54) is 7.11 Å². The topological polar surface area (TPSA) is 75.6 Å². The average molecular weight is 260 g/mol. The molecular weight excluding hydrogens is 242 g/mol. The van der Waals surface area contributed by atoms with Crippen LogP contribution in [-0.4, -0.2) is 51.0 Å². The van der Waals surface area contributed by atoms with E-state index < -0.39 is 15.6 Å². The summed E-state index contributed by atoms with van der Waals surface area (Å²) in [6, 6.07) is 0. The minimum Gasteiger partial charge on any atom is -0.389 e. The van der Waals surface area contributed by atoms with Gasteiger partial charge in [0, 0.05) is 32.6 Å². The van der Waals surface area contributed by atoms with Crippen LogP contribution in [0.5, 0.6) is 0 Å². The first-order valence-corrected chi connectivity index (χ1v) is 6.76.